The summed E-state index contributed by atoms with van der Waals surface area (Å²) in [4.78, 5) is 47.5. The van der Waals surface area contributed by atoms with Crippen molar-refractivity contribution >= 4 is 51.1 Å². The van der Waals surface area contributed by atoms with Crippen LogP contribution in [0.5, 0.6) is 0 Å². The van der Waals surface area contributed by atoms with Crippen LogP contribution >= 0.6 is 11.6 Å². The normalized spacial score (nSPS) is 11.2. The Morgan fingerprint density at radius 2 is 1.94 bits per heavy atom. The number of anilines is 1. The van der Waals surface area contributed by atoms with Gasteiger partial charge in [0.25, 0.3) is 0 Å². The molecule has 0 saturated heterocycles. The van der Waals surface area contributed by atoms with Gasteiger partial charge in [-0.15, -0.1) is 0 Å². The fraction of sp³-hybridized carbons (Fsp3) is 0.333. The molecule has 0 fully saturated rings. The highest BCUT2D eigenvalue weighted by Gasteiger charge is 2.21. The Balaban J connectivity index is 2.04. The maximum Gasteiger partial charge on any atom is 0.248 e. The van der Waals surface area contributed by atoms with Crippen molar-refractivity contribution in [1.82, 2.24) is 4.90 Å². The molecule has 190 valence electrons. The summed E-state index contributed by atoms with van der Waals surface area (Å²) in [6, 6.07) is 5.64. The van der Waals surface area contributed by atoms with Crippen molar-refractivity contribution in [2.75, 3.05) is 45.3 Å². The Morgan fingerprint density at radius 3 is 2.57 bits per heavy atom. The molecule has 0 saturated carbocycles. The van der Waals surface area contributed by atoms with Crippen LogP contribution in [0.1, 0.15) is 16.1 Å². The van der Waals surface area contributed by atoms with E-state index in [-0.39, 0.29) is 42.6 Å². The number of nitrogens with zero attached hydrogens (tertiary/aromatic N) is 1. The van der Waals surface area contributed by atoms with Gasteiger partial charge >= 0.3 is 0 Å². The number of aldehydes is 1. The Morgan fingerprint density at radius 1 is 1.20 bits per heavy atom. The topological polar surface area (TPSA) is 175 Å². The molecule has 0 spiro atoms. The lowest BCUT2D eigenvalue weighted by atomic mass is 10.1. The predicted molar refractivity (Wildman–Crippen MR) is 124 cm³/mol. The predicted octanol–water partition coefficient (Wildman–Crippen LogP) is 0.635. The lowest BCUT2D eigenvalue weighted by Gasteiger charge is -2.17. The van der Waals surface area contributed by atoms with E-state index in [1.165, 1.54) is 19.4 Å². The minimum Gasteiger partial charge on any atom is -0.467 e. The highest BCUT2D eigenvalue weighted by Crippen LogP contribution is 2.29. The number of benzene rings is 1. The Hall–Kier alpha value is -3.10. The second-order valence-electron chi connectivity index (χ2n) is 7.19. The van der Waals surface area contributed by atoms with Gasteiger partial charge in [0.1, 0.15) is 43.4 Å². The lowest BCUT2D eigenvalue weighted by molar-refractivity contribution is -0.138. The van der Waals surface area contributed by atoms with Crippen molar-refractivity contribution in [3.05, 3.63) is 46.9 Å². The molecular formula is C21H24ClN3O9S. The van der Waals surface area contributed by atoms with Crippen LogP contribution in [-0.2, 0) is 40.4 Å². The van der Waals surface area contributed by atoms with Gasteiger partial charge in [-0.05, 0) is 24.3 Å². The van der Waals surface area contributed by atoms with Crippen molar-refractivity contribution in [2.45, 2.75) is 11.4 Å². The second kappa shape index (κ2) is 13.1. The molecule has 2 aromatic rings. The van der Waals surface area contributed by atoms with Gasteiger partial charge in [0.15, 0.2) is 11.6 Å². The molecule has 1 aromatic heterocycles. The zero-order valence-electron chi connectivity index (χ0n) is 18.7. The molecular weight excluding hydrogens is 506 g/mol. The summed E-state index contributed by atoms with van der Waals surface area (Å²) >= 11 is 6.04. The molecule has 0 bridgehead atoms. The van der Waals surface area contributed by atoms with Crippen molar-refractivity contribution in [1.29, 1.82) is 0 Å². The first-order valence-corrected chi connectivity index (χ1v) is 12.0. The molecule has 1 amide bonds. The number of amides is 1. The molecule has 35 heavy (non-hydrogen) atoms. The number of nitrogens with one attached hydrogen (secondary N) is 1. The Kier molecular flexibility index (Phi) is 10.5. The third-order valence-corrected chi connectivity index (χ3v) is 5.83. The monoisotopic (exact) mass is 529 g/mol. The fourth-order valence-electron chi connectivity index (χ4n) is 2.78. The van der Waals surface area contributed by atoms with Crippen molar-refractivity contribution in [3.63, 3.8) is 0 Å². The van der Waals surface area contributed by atoms with Crippen LogP contribution < -0.4 is 10.5 Å². The second-order valence-corrected chi connectivity index (χ2v) is 9.13. The van der Waals surface area contributed by atoms with Gasteiger partial charge in [-0.25, -0.2) is 13.6 Å². The zero-order chi connectivity index (χ0) is 26.0. The Labute approximate surface area is 206 Å². The molecule has 0 radical (unpaired) electrons. The summed E-state index contributed by atoms with van der Waals surface area (Å²) in [6.45, 7) is -1.75. The van der Waals surface area contributed by atoms with E-state index in [2.05, 4.69) is 5.32 Å². The number of furan rings is 1. The summed E-state index contributed by atoms with van der Waals surface area (Å²) in [5.74, 6) is -1.12. The summed E-state index contributed by atoms with van der Waals surface area (Å²) < 4.78 is 38.9. The molecule has 14 heteroatoms. The van der Waals surface area contributed by atoms with Crippen molar-refractivity contribution in [2.24, 2.45) is 5.14 Å². The standard InChI is InChI=1S/C21H24ClN3O9S/c1-25(10-14(27)11-32-6-4-26)21(29)13-33-12-19(28)16-7-20(35(23,30)31)17(22)8-18(16)24-9-15-3-2-5-34-15/h2-5,7-8,24H,6,9-13H2,1H3,(H2,23,30,31). The number of ether oxygens (including phenoxy) is 2. The molecule has 2 rings (SSSR count). The SMILES string of the molecule is CN(CC(=O)COCC=O)C(=O)COCC(=O)c1cc(S(N)(=O)=O)c(Cl)cc1NCc1ccco1. The molecule has 1 aromatic carbocycles. The quantitative estimate of drug-likeness (QED) is 0.189. The average molecular weight is 530 g/mol. The van der Waals surface area contributed by atoms with E-state index in [1.807, 2.05) is 0 Å². The third kappa shape index (κ3) is 8.88. The smallest absolute Gasteiger partial charge is 0.248 e. The van der Waals surface area contributed by atoms with E-state index in [9.17, 15) is 27.6 Å². The summed E-state index contributed by atoms with van der Waals surface area (Å²) in [7, 11) is -2.86. The number of rotatable bonds is 15. The fourth-order valence-corrected chi connectivity index (χ4v) is 3.88. The highest BCUT2D eigenvalue weighted by atomic mass is 35.5. The molecule has 0 aliphatic carbocycles. The first-order chi connectivity index (χ1) is 16.5. The van der Waals surface area contributed by atoms with Gasteiger partial charge in [0, 0.05) is 18.3 Å². The van der Waals surface area contributed by atoms with Gasteiger partial charge in [-0.3, -0.25) is 14.4 Å². The van der Waals surface area contributed by atoms with Crippen LogP contribution in [0.2, 0.25) is 5.02 Å². The third-order valence-electron chi connectivity index (χ3n) is 4.46. The number of sulfonamides is 1. The van der Waals surface area contributed by atoms with Gasteiger partial charge < -0.3 is 28.9 Å². The van der Waals surface area contributed by atoms with E-state index < -0.39 is 45.6 Å². The van der Waals surface area contributed by atoms with E-state index in [0.29, 0.717) is 12.0 Å². The van der Waals surface area contributed by atoms with E-state index >= 15 is 0 Å². The first-order valence-electron chi connectivity index (χ1n) is 10.0. The zero-order valence-corrected chi connectivity index (χ0v) is 20.3. The largest absolute Gasteiger partial charge is 0.467 e. The number of hydrogen-bond donors (Lipinski definition) is 2. The minimum atomic E-state index is -4.22. The number of likely N-dealkylation sites (N-methyl/N-ethyl adjacent to an activating group) is 1. The number of halogens is 1. The summed E-state index contributed by atoms with van der Waals surface area (Å²) in [5, 5.41) is 7.94. The molecule has 0 atom stereocenters. The van der Waals surface area contributed by atoms with Crippen molar-refractivity contribution in [3.8, 4) is 0 Å². The maximum absolute atomic E-state index is 12.8. The highest BCUT2D eigenvalue weighted by molar-refractivity contribution is 7.89. The van der Waals surface area contributed by atoms with Crippen molar-refractivity contribution < 1.29 is 41.5 Å². The van der Waals surface area contributed by atoms with E-state index in [4.69, 9.17) is 30.6 Å². The van der Waals surface area contributed by atoms with Crippen LogP contribution in [0.3, 0.4) is 0 Å². The number of ketones is 2. The van der Waals surface area contributed by atoms with Gasteiger partial charge in [-0.1, -0.05) is 11.6 Å². The number of nitrogens with two attached hydrogens (primary N) is 1. The molecule has 0 unspecified atom stereocenters. The molecule has 1 heterocycles. The number of hydrogen-bond acceptors (Lipinski definition) is 10. The van der Waals surface area contributed by atoms with Crippen LogP contribution in [0.15, 0.2) is 39.8 Å². The van der Waals surface area contributed by atoms with E-state index in [0.717, 1.165) is 11.0 Å². The number of Topliss-reactive ketones (excluding diaryl/α,β-unsaturated/α-hetero) is 2. The average Bonchev–Trinajstić information content (AvgIpc) is 3.30. The van der Waals surface area contributed by atoms with Crippen LogP contribution in [0.4, 0.5) is 5.69 Å². The summed E-state index contributed by atoms with van der Waals surface area (Å²) in [6.07, 6.45) is 1.96. The number of primary sulfonamides is 1. The molecule has 3 N–H and O–H groups in total. The van der Waals surface area contributed by atoms with Crippen LogP contribution in [0.25, 0.3) is 0 Å². The van der Waals surface area contributed by atoms with E-state index in [1.54, 1.807) is 12.1 Å². The van der Waals surface area contributed by atoms with Crippen LogP contribution in [-0.4, -0.2) is 77.1 Å². The number of carbonyl (C=O) groups is 4. The molecule has 0 aliphatic rings. The van der Waals surface area contributed by atoms with Gasteiger partial charge in [0.05, 0.1) is 24.4 Å². The minimum absolute atomic E-state index is 0.0757. The maximum atomic E-state index is 12.8. The summed E-state index contributed by atoms with van der Waals surface area (Å²) in [5.41, 5.74) is 0.130. The molecule has 12 nitrogen and oxygen atoms in total. The van der Waals surface area contributed by atoms with Gasteiger partial charge in [-0.2, -0.15) is 0 Å². The van der Waals surface area contributed by atoms with Crippen LogP contribution in [0, 0.1) is 0 Å². The number of carbonyl (C=O) groups excluding carboxylic acids is 4. The molecule has 0 aliphatic heterocycles. The first kappa shape index (κ1) is 28.1. The van der Waals surface area contributed by atoms with Gasteiger partial charge in [0.2, 0.25) is 15.9 Å². The Bertz CT molecular complexity index is 1170. The lowest BCUT2D eigenvalue weighted by Crippen LogP contribution is -2.36.